The standard InChI is InChI=1S/C8H14N2O/c1-4-8(2,3)5-7-9-6-11-10-7/h6H,4-5H2,1-3H3. The van der Waals surface area contributed by atoms with Crippen molar-refractivity contribution in [3.05, 3.63) is 12.2 Å². The molecule has 0 unspecified atom stereocenters. The van der Waals surface area contributed by atoms with Crippen LogP contribution in [0, 0.1) is 5.41 Å². The summed E-state index contributed by atoms with van der Waals surface area (Å²) in [5.74, 6) is 0.803. The molecule has 0 aliphatic carbocycles. The lowest BCUT2D eigenvalue weighted by Crippen LogP contribution is -2.14. The smallest absolute Gasteiger partial charge is 0.213 e. The molecule has 0 bridgehead atoms. The number of rotatable bonds is 3. The maximum atomic E-state index is 4.64. The van der Waals surface area contributed by atoms with Gasteiger partial charge in [0.15, 0.2) is 5.82 Å². The van der Waals surface area contributed by atoms with Gasteiger partial charge in [-0.05, 0) is 5.41 Å². The molecular weight excluding hydrogens is 140 g/mol. The van der Waals surface area contributed by atoms with E-state index in [2.05, 4.69) is 35.4 Å². The molecule has 1 heterocycles. The third-order valence-electron chi connectivity index (χ3n) is 2.00. The van der Waals surface area contributed by atoms with Crippen LogP contribution in [0.25, 0.3) is 0 Å². The second-order valence-corrected chi connectivity index (χ2v) is 3.54. The van der Waals surface area contributed by atoms with E-state index in [1.165, 1.54) is 6.39 Å². The Bertz CT molecular complexity index is 204. The summed E-state index contributed by atoms with van der Waals surface area (Å²) in [4.78, 5) is 3.97. The lowest BCUT2D eigenvalue weighted by molar-refractivity contribution is 0.329. The molecule has 0 aliphatic rings. The molecule has 62 valence electrons. The van der Waals surface area contributed by atoms with Gasteiger partial charge in [-0.3, -0.25) is 0 Å². The van der Waals surface area contributed by atoms with Crippen molar-refractivity contribution >= 4 is 0 Å². The lowest BCUT2D eigenvalue weighted by Gasteiger charge is -2.19. The van der Waals surface area contributed by atoms with Crippen molar-refractivity contribution in [2.45, 2.75) is 33.6 Å². The van der Waals surface area contributed by atoms with Crippen LogP contribution in [0.5, 0.6) is 0 Å². The Balaban J connectivity index is 2.56. The summed E-state index contributed by atoms with van der Waals surface area (Å²) in [6.07, 6.45) is 3.39. The zero-order chi connectivity index (χ0) is 8.32. The summed E-state index contributed by atoms with van der Waals surface area (Å²) < 4.78 is 4.64. The Morgan fingerprint density at radius 3 is 2.73 bits per heavy atom. The second kappa shape index (κ2) is 3.03. The number of nitrogens with zero attached hydrogens (tertiary/aromatic N) is 2. The van der Waals surface area contributed by atoms with Gasteiger partial charge in [0.25, 0.3) is 0 Å². The van der Waals surface area contributed by atoms with Gasteiger partial charge >= 0.3 is 0 Å². The van der Waals surface area contributed by atoms with Gasteiger partial charge in [0.1, 0.15) is 0 Å². The molecule has 1 aromatic heterocycles. The lowest BCUT2D eigenvalue weighted by atomic mass is 9.86. The topological polar surface area (TPSA) is 38.9 Å². The van der Waals surface area contributed by atoms with E-state index in [-0.39, 0.29) is 5.41 Å². The molecule has 3 nitrogen and oxygen atoms in total. The van der Waals surface area contributed by atoms with Gasteiger partial charge in [0.05, 0.1) is 0 Å². The number of hydrogen-bond donors (Lipinski definition) is 0. The molecule has 1 rings (SSSR count). The minimum absolute atomic E-state index is 0.282. The largest absolute Gasteiger partial charge is 0.343 e. The molecule has 0 saturated carbocycles. The van der Waals surface area contributed by atoms with Crippen LogP contribution in [0.15, 0.2) is 10.9 Å². The monoisotopic (exact) mass is 154 g/mol. The van der Waals surface area contributed by atoms with Crippen LogP contribution in [0.1, 0.15) is 33.0 Å². The second-order valence-electron chi connectivity index (χ2n) is 3.54. The SMILES string of the molecule is CCC(C)(C)Cc1ncon1. The van der Waals surface area contributed by atoms with Crippen LogP contribution in [-0.4, -0.2) is 10.1 Å². The van der Waals surface area contributed by atoms with Crippen molar-refractivity contribution in [3.8, 4) is 0 Å². The molecule has 0 atom stereocenters. The van der Waals surface area contributed by atoms with E-state index in [0.717, 1.165) is 18.7 Å². The van der Waals surface area contributed by atoms with E-state index in [1.807, 2.05) is 0 Å². The summed E-state index contributed by atoms with van der Waals surface area (Å²) in [5.41, 5.74) is 0.282. The van der Waals surface area contributed by atoms with Gasteiger partial charge in [-0.25, -0.2) is 0 Å². The molecule has 0 aromatic carbocycles. The van der Waals surface area contributed by atoms with Crippen molar-refractivity contribution in [2.24, 2.45) is 5.41 Å². The molecule has 1 aromatic rings. The van der Waals surface area contributed by atoms with E-state index in [1.54, 1.807) is 0 Å². The predicted molar refractivity (Wildman–Crippen MR) is 42.1 cm³/mol. The van der Waals surface area contributed by atoms with Crippen LogP contribution in [0.4, 0.5) is 0 Å². The summed E-state index contributed by atoms with van der Waals surface area (Å²) in [7, 11) is 0. The van der Waals surface area contributed by atoms with E-state index in [9.17, 15) is 0 Å². The van der Waals surface area contributed by atoms with Crippen molar-refractivity contribution in [1.82, 2.24) is 10.1 Å². The summed E-state index contributed by atoms with van der Waals surface area (Å²) in [5, 5.41) is 3.76. The first-order valence-electron chi connectivity index (χ1n) is 3.89. The first kappa shape index (κ1) is 8.24. The quantitative estimate of drug-likeness (QED) is 0.668. The third-order valence-corrected chi connectivity index (χ3v) is 2.00. The molecule has 11 heavy (non-hydrogen) atoms. The van der Waals surface area contributed by atoms with Crippen LogP contribution in [0.3, 0.4) is 0 Å². The van der Waals surface area contributed by atoms with Crippen LogP contribution in [-0.2, 0) is 6.42 Å². The summed E-state index contributed by atoms with van der Waals surface area (Å²) in [6, 6.07) is 0. The fourth-order valence-corrected chi connectivity index (χ4v) is 0.823. The Labute approximate surface area is 66.8 Å². The highest BCUT2D eigenvalue weighted by molar-refractivity contribution is 4.85. The van der Waals surface area contributed by atoms with Gasteiger partial charge in [-0.2, -0.15) is 4.98 Å². The van der Waals surface area contributed by atoms with E-state index in [0.29, 0.717) is 0 Å². The predicted octanol–water partition coefficient (Wildman–Crippen LogP) is 2.05. The normalized spacial score (nSPS) is 11.9. The van der Waals surface area contributed by atoms with Gasteiger partial charge in [0, 0.05) is 6.42 Å². The Hall–Kier alpha value is -0.860. The van der Waals surface area contributed by atoms with Gasteiger partial charge < -0.3 is 4.52 Å². The zero-order valence-electron chi connectivity index (χ0n) is 7.29. The molecule has 0 saturated heterocycles. The molecule has 3 heteroatoms. The first-order valence-corrected chi connectivity index (χ1v) is 3.89. The van der Waals surface area contributed by atoms with E-state index in [4.69, 9.17) is 0 Å². The van der Waals surface area contributed by atoms with Crippen molar-refractivity contribution in [2.75, 3.05) is 0 Å². The summed E-state index contributed by atoms with van der Waals surface area (Å²) in [6.45, 7) is 6.56. The number of hydrogen-bond acceptors (Lipinski definition) is 3. The third kappa shape index (κ3) is 2.33. The van der Waals surface area contributed by atoms with Crippen molar-refractivity contribution in [1.29, 1.82) is 0 Å². The van der Waals surface area contributed by atoms with E-state index < -0.39 is 0 Å². The molecule has 0 aliphatic heterocycles. The van der Waals surface area contributed by atoms with Crippen LogP contribution in [0.2, 0.25) is 0 Å². The van der Waals surface area contributed by atoms with Crippen LogP contribution >= 0.6 is 0 Å². The minimum atomic E-state index is 0.282. The molecule has 0 amide bonds. The van der Waals surface area contributed by atoms with Gasteiger partial charge in [-0.15, -0.1) is 0 Å². The van der Waals surface area contributed by atoms with Crippen molar-refractivity contribution < 1.29 is 4.52 Å². The van der Waals surface area contributed by atoms with Gasteiger partial charge in [-0.1, -0.05) is 32.3 Å². The van der Waals surface area contributed by atoms with Crippen LogP contribution < -0.4 is 0 Å². The Morgan fingerprint density at radius 1 is 1.55 bits per heavy atom. The molecular formula is C8H14N2O. The average molecular weight is 154 g/mol. The Morgan fingerprint density at radius 2 is 2.27 bits per heavy atom. The molecule has 0 radical (unpaired) electrons. The molecule has 0 N–H and O–H groups in total. The molecule has 0 spiro atoms. The summed E-state index contributed by atoms with van der Waals surface area (Å²) >= 11 is 0. The maximum Gasteiger partial charge on any atom is 0.213 e. The van der Waals surface area contributed by atoms with E-state index >= 15 is 0 Å². The Kier molecular flexibility index (Phi) is 2.27. The highest BCUT2D eigenvalue weighted by Gasteiger charge is 2.17. The fourth-order valence-electron chi connectivity index (χ4n) is 0.823. The highest BCUT2D eigenvalue weighted by Crippen LogP contribution is 2.23. The molecule has 0 fully saturated rings. The fraction of sp³-hybridized carbons (Fsp3) is 0.750. The van der Waals surface area contributed by atoms with Gasteiger partial charge in [0.2, 0.25) is 6.39 Å². The maximum absolute atomic E-state index is 4.64. The van der Waals surface area contributed by atoms with Crippen molar-refractivity contribution in [3.63, 3.8) is 0 Å². The highest BCUT2D eigenvalue weighted by atomic mass is 16.5. The zero-order valence-corrected chi connectivity index (χ0v) is 7.29. The number of aromatic nitrogens is 2. The first-order chi connectivity index (χ1) is 5.14. The average Bonchev–Trinajstić information content (AvgIpc) is 2.39. The minimum Gasteiger partial charge on any atom is -0.343 e.